The maximum absolute atomic E-state index is 13.5. The van der Waals surface area contributed by atoms with Gasteiger partial charge in [0.2, 0.25) is 0 Å². The molecule has 0 spiro atoms. The van der Waals surface area contributed by atoms with E-state index in [4.69, 9.17) is 27.4 Å². The molecule has 1 aliphatic heterocycles. The molecule has 1 aliphatic rings. The molecule has 1 fully saturated rings. The number of amidine groups is 1. The van der Waals surface area contributed by atoms with E-state index in [1.54, 1.807) is 84.9 Å². The van der Waals surface area contributed by atoms with Crippen molar-refractivity contribution in [1.82, 2.24) is 0 Å². The van der Waals surface area contributed by atoms with Gasteiger partial charge in [-0.25, -0.2) is 4.99 Å². The standard InChI is InChI=1S/C28H17BrCl2N2O4S2/c29-24-16-18(6-15-25(24)37-39(35,36)23-4-2-1-3-5-23)17-26-27(34)33(22-13-9-20(31)10-14-22)28(38-26)32-21-11-7-19(30)8-12-21/h1-17H/b26-17-,32-28?. The Morgan fingerprint density at radius 2 is 1.51 bits per heavy atom. The Balaban J connectivity index is 1.46. The first-order chi connectivity index (χ1) is 18.7. The summed E-state index contributed by atoms with van der Waals surface area (Å²) in [6.45, 7) is 0. The number of hydrogen-bond donors (Lipinski definition) is 0. The predicted octanol–water partition coefficient (Wildman–Crippen LogP) is 8.33. The Morgan fingerprint density at radius 3 is 2.15 bits per heavy atom. The molecule has 5 rings (SSSR count). The van der Waals surface area contributed by atoms with Crippen molar-refractivity contribution in [1.29, 1.82) is 0 Å². The predicted molar refractivity (Wildman–Crippen MR) is 161 cm³/mol. The van der Waals surface area contributed by atoms with Crippen molar-refractivity contribution in [3.8, 4) is 5.75 Å². The summed E-state index contributed by atoms with van der Waals surface area (Å²) in [5.41, 5.74) is 1.91. The van der Waals surface area contributed by atoms with Crippen LogP contribution in [0, 0.1) is 0 Å². The molecule has 11 heteroatoms. The highest BCUT2D eigenvalue weighted by Crippen LogP contribution is 2.38. The lowest BCUT2D eigenvalue weighted by atomic mass is 10.2. The molecule has 1 amide bonds. The molecule has 6 nitrogen and oxygen atoms in total. The number of carbonyl (C=O) groups is 1. The van der Waals surface area contributed by atoms with Gasteiger partial charge in [-0.05, 0) is 112 Å². The number of halogens is 3. The van der Waals surface area contributed by atoms with Gasteiger partial charge in [-0.3, -0.25) is 9.69 Å². The molecule has 1 heterocycles. The molecule has 1 saturated heterocycles. The summed E-state index contributed by atoms with van der Waals surface area (Å²) >= 11 is 16.7. The third-order valence-electron chi connectivity index (χ3n) is 5.43. The minimum Gasteiger partial charge on any atom is -0.378 e. The highest BCUT2D eigenvalue weighted by atomic mass is 79.9. The molecule has 0 atom stereocenters. The van der Waals surface area contributed by atoms with Gasteiger partial charge in [-0.1, -0.05) is 47.5 Å². The van der Waals surface area contributed by atoms with Crippen LogP contribution in [0.4, 0.5) is 11.4 Å². The summed E-state index contributed by atoms with van der Waals surface area (Å²) in [4.78, 5) is 20.2. The van der Waals surface area contributed by atoms with Crippen LogP contribution in [0.5, 0.6) is 5.75 Å². The zero-order chi connectivity index (χ0) is 27.6. The molecule has 0 saturated carbocycles. The van der Waals surface area contributed by atoms with Crippen LogP contribution < -0.4 is 9.08 Å². The largest absolute Gasteiger partial charge is 0.378 e. The van der Waals surface area contributed by atoms with Gasteiger partial charge in [0.1, 0.15) is 4.90 Å². The van der Waals surface area contributed by atoms with Crippen LogP contribution in [0.2, 0.25) is 10.0 Å². The summed E-state index contributed by atoms with van der Waals surface area (Å²) in [5.74, 6) is -0.141. The van der Waals surface area contributed by atoms with Crippen LogP contribution >= 0.6 is 50.9 Å². The average Bonchev–Trinajstić information content (AvgIpc) is 3.22. The summed E-state index contributed by atoms with van der Waals surface area (Å²) in [6.07, 6.45) is 1.71. The highest BCUT2D eigenvalue weighted by molar-refractivity contribution is 9.10. The molecule has 4 aromatic carbocycles. The normalized spacial score (nSPS) is 15.8. The number of rotatable bonds is 6. The fourth-order valence-corrected chi connectivity index (χ4v) is 6.38. The van der Waals surface area contributed by atoms with E-state index in [2.05, 4.69) is 20.9 Å². The Bertz CT molecular complexity index is 1710. The Labute approximate surface area is 248 Å². The molecule has 4 aromatic rings. The monoisotopic (exact) mass is 658 g/mol. The van der Waals surface area contributed by atoms with Gasteiger partial charge in [0.15, 0.2) is 10.9 Å². The Kier molecular flexibility index (Phi) is 8.16. The van der Waals surface area contributed by atoms with E-state index in [0.29, 0.717) is 41.5 Å². The highest BCUT2D eigenvalue weighted by Gasteiger charge is 2.35. The fourth-order valence-electron chi connectivity index (χ4n) is 3.57. The fraction of sp³-hybridized carbons (Fsp3) is 0. The lowest BCUT2D eigenvalue weighted by Crippen LogP contribution is -2.28. The van der Waals surface area contributed by atoms with E-state index in [0.717, 1.165) is 0 Å². The summed E-state index contributed by atoms with van der Waals surface area (Å²) in [7, 11) is -4.00. The molecular formula is C28H17BrCl2N2O4S2. The van der Waals surface area contributed by atoms with Crippen molar-refractivity contribution in [2.24, 2.45) is 4.99 Å². The smallest absolute Gasteiger partial charge is 0.339 e. The summed E-state index contributed by atoms with van der Waals surface area (Å²) in [5, 5.41) is 1.59. The number of thioether (sulfide) groups is 1. The van der Waals surface area contributed by atoms with Crippen LogP contribution in [0.3, 0.4) is 0 Å². The average molecular weight is 660 g/mol. The first-order valence-electron chi connectivity index (χ1n) is 11.3. The Hall–Kier alpha value is -3.08. The Morgan fingerprint density at radius 1 is 0.872 bits per heavy atom. The zero-order valence-electron chi connectivity index (χ0n) is 19.8. The van der Waals surface area contributed by atoms with Gasteiger partial charge in [0.05, 0.1) is 20.8 Å². The van der Waals surface area contributed by atoms with E-state index < -0.39 is 10.1 Å². The number of hydrogen-bond acceptors (Lipinski definition) is 6. The van der Waals surface area contributed by atoms with Crippen molar-refractivity contribution in [3.05, 3.63) is 122 Å². The van der Waals surface area contributed by atoms with E-state index in [1.165, 1.54) is 34.9 Å². The molecule has 0 radical (unpaired) electrons. The third kappa shape index (κ3) is 6.40. The van der Waals surface area contributed by atoms with E-state index in [9.17, 15) is 13.2 Å². The van der Waals surface area contributed by atoms with Crippen LogP contribution in [-0.4, -0.2) is 19.5 Å². The van der Waals surface area contributed by atoms with Gasteiger partial charge in [0, 0.05) is 10.0 Å². The molecule has 0 aliphatic carbocycles. The van der Waals surface area contributed by atoms with Crippen molar-refractivity contribution in [2.45, 2.75) is 4.90 Å². The number of carbonyl (C=O) groups excluding carboxylic acids is 1. The van der Waals surface area contributed by atoms with E-state index in [1.807, 2.05) is 0 Å². The molecular weight excluding hydrogens is 643 g/mol. The van der Waals surface area contributed by atoms with Gasteiger partial charge >= 0.3 is 10.1 Å². The molecule has 0 N–H and O–H groups in total. The summed E-state index contributed by atoms with van der Waals surface area (Å²) < 4.78 is 31.0. The summed E-state index contributed by atoms with van der Waals surface area (Å²) in [6, 6.07) is 26.6. The van der Waals surface area contributed by atoms with Crippen LogP contribution in [0.15, 0.2) is 116 Å². The molecule has 196 valence electrons. The van der Waals surface area contributed by atoms with Crippen molar-refractivity contribution >= 4 is 89.5 Å². The quantitative estimate of drug-likeness (QED) is 0.154. The second kappa shape index (κ2) is 11.6. The van der Waals surface area contributed by atoms with Crippen LogP contribution in [-0.2, 0) is 14.9 Å². The van der Waals surface area contributed by atoms with E-state index >= 15 is 0 Å². The number of amides is 1. The second-order valence-electron chi connectivity index (χ2n) is 8.14. The lowest BCUT2D eigenvalue weighted by Gasteiger charge is -2.15. The molecule has 39 heavy (non-hydrogen) atoms. The third-order valence-corrected chi connectivity index (χ3v) is 8.77. The maximum Gasteiger partial charge on any atom is 0.339 e. The van der Waals surface area contributed by atoms with Gasteiger partial charge < -0.3 is 4.18 Å². The van der Waals surface area contributed by atoms with Gasteiger partial charge in [0.25, 0.3) is 5.91 Å². The minimum atomic E-state index is -4.00. The van der Waals surface area contributed by atoms with Crippen molar-refractivity contribution in [2.75, 3.05) is 4.90 Å². The number of anilines is 1. The van der Waals surface area contributed by atoms with E-state index in [-0.39, 0.29) is 16.6 Å². The second-order valence-corrected chi connectivity index (χ2v) is 12.4. The first kappa shape index (κ1) is 27.5. The number of aliphatic imine (C=N–C) groups is 1. The van der Waals surface area contributed by atoms with Gasteiger partial charge in [-0.15, -0.1) is 0 Å². The number of benzene rings is 4. The first-order valence-corrected chi connectivity index (χ1v) is 15.1. The molecule has 0 aromatic heterocycles. The van der Waals surface area contributed by atoms with Crippen LogP contribution in [0.25, 0.3) is 6.08 Å². The maximum atomic E-state index is 13.5. The molecule has 0 bridgehead atoms. The SMILES string of the molecule is O=C1/C(=C/c2ccc(OS(=O)(=O)c3ccccc3)c(Br)c2)SC(=Nc2ccc(Cl)cc2)N1c1ccc(Cl)cc1. The van der Waals surface area contributed by atoms with Gasteiger partial charge in [-0.2, -0.15) is 8.42 Å². The minimum absolute atomic E-state index is 0.0471. The lowest BCUT2D eigenvalue weighted by molar-refractivity contribution is -0.113. The van der Waals surface area contributed by atoms with Crippen molar-refractivity contribution < 1.29 is 17.4 Å². The zero-order valence-corrected chi connectivity index (χ0v) is 24.5. The molecule has 0 unspecified atom stereocenters. The van der Waals surface area contributed by atoms with Crippen molar-refractivity contribution in [3.63, 3.8) is 0 Å². The van der Waals surface area contributed by atoms with Crippen LogP contribution in [0.1, 0.15) is 5.56 Å². The topological polar surface area (TPSA) is 76.0 Å². The number of nitrogens with zero attached hydrogens (tertiary/aromatic N) is 2.